The van der Waals surface area contributed by atoms with Crippen molar-refractivity contribution in [1.82, 2.24) is 10.8 Å². The van der Waals surface area contributed by atoms with E-state index in [-0.39, 0.29) is 24.3 Å². The Bertz CT molecular complexity index is 631. The molecule has 0 spiro atoms. The minimum Gasteiger partial charge on any atom is -0.372 e. The van der Waals surface area contributed by atoms with Gasteiger partial charge in [0, 0.05) is 30.7 Å². The first-order valence-electron chi connectivity index (χ1n) is 7.95. The van der Waals surface area contributed by atoms with E-state index in [0.29, 0.717) is 12.2 Å². The van der Waals surface area contributed by atoms with Crippen molar-refractivity contribution in [3.8, 4) is 11.8 Å². The monoisotopic (exact) mass is 330 g/mol. The summed E-state index contributed by atoms with van der Waals surface area (Å²) >= 11 is 0. The number of rotatable bonds is 5. The molecule has 0 unspecified atom stereocenters. The van der Waals surface area contributed by atoms with Gasteiger partial charge in [-0.2, -0.15) is 0 Å². The van der Waals surface area contributed by atoms with Crippen LogP contribution >= 0.6 is 0 Å². The Hall–Kier alpha value is -2.36. The van der Waals surface area contributed by atoms with Crippen LogP contribution in [0.25, 0.3) is 0 Å². The highest BCUT2D eigenvalue weighted by Gasteiger charge is 2.30. The lowest BCUT2D eigenvalue weighted by Gasteiger charge is -2.20. The number of methoxy groups -OCH3 is 1. The van der Waals surface area contributed by atoms with E-state index in [4.69, 9.17) is 9.94 Å². The summed E-state index contributed by atoms with van der Waals surface area (Å²) in [7, 11) is 1.59. The molecule has 1 aromatic rings. The zero-order valence-corrected chi connectivity index (χ0v) is 13.7. The molecular weight excluding hydrogens is 308 g/mol. The van der Waals surface area contributed by atoms with Gasteiger partial charge in [0.25, 0.3) is 5.91 Å². The van der Waals surface area contributed by atoms with Gasteiger partial charge in [-0.1, -0.05) is 18.3 Å². The first-order chi connectivity index (χ1) is 11.6. The lowest BCUT2D eigenvalue weighted by atomic mass is 9.98. The lowest BCUT2D eigenvalue weighted by molar-refractivity contribution is -0.130. The van der Waals surface area contributed by atoms with E-state index >= 15 is 0 Å². The zero-order valence-electron chi connectivity index (χ0n) is 13.7. The molecule has 24 heavy (non-hydrogen) atoms. The number of benzene rings is 1. The molecule has 0 aliphatic heterocycles. The van der Waals surface area contributed by atoms with Crippen LogP contribution in [0.3, 0.4) is 0 Å². The highest BCUT2D eigenvalue weighted by atomic mass is 16.5. The van der Waals surface area contributed by atoms with E-state index in [1.54, 1.807) is 36.9 Å². The predicted molar refractivity (Wildman–Crippen MR) is 88.3 cm³/mol. The van der Waals surface area contributed by atoms with Crippen molar-refractivity contribution in [2.24, 2.45) is 5.92 Å². The minimum absolute atomic E-state index is 0.0454. The van der Waals surface area contributed by atoms with Crippen LogP contribution in [0.15, 0.2) is 24.3 Å². The van der Waals surface area contributed by atoms with Crippen molar-refractivity contribution in [2.75, 3.05) is 13.7 Å². The molecule has 2 rings (SSSR count). The molecule has 1 aliphatic carbocycles. The highest BCUT2D eigenvalue weighted by Crippen LogP contribution is 2.28. The van der Waals surface area contributed by atoms with E-state index in [9.17, 15) is 9.59 Å². The number of hydrogen-bond donors (Lipinski definition) is 3. The van der Waals surface area contributed by atoms with Gasteiger partial charge in [0.1, 0.15) is 6.61 Å². The Balaban J connectivity index is 1.94. The highest BCUT2D eigenvalue weighted by molar-refractivity contribution is 5.94. The van der Waals surface area contributed by atoms with Crippen LogP contribution in [0.5, 0.6) is 0 Å². The molecule has 1 aromatic carbocycles. The molecule has 2 atom stereocenters. The van der Waals surface area contributed by atoms with Gasteiger partial charge in [0.15, 0.2) is 0 Å². The third kappa shape index (κ3) is 5.08. The van der Waals surface area contributed by atoms with Crippen LogP contribution in [0.4, 0.5) is 0 Å². The summed E-state index contributed by atoms with van der Waals surface area (Å²) in [4.78, 5) is 23.7. The standard InChI is InChI=1S/C18H22N2O4/c1-24-11-3-4-13-7-9-14(10-8-13)18(22)19-16-6-2-5-15(16)12-17(21)20-23/h7-10,15-16,23H,2,5-6,11-12H2,1H3,(H,19,22)(H,20,21)/t15-,16-/m1/s1. The first kappa shape index (κ1) is 18.0. The van der Waals surface area contributed by atoms with Gasteiger partial charge in [-0.25, -0.2) is 5.48 Å². The number of hydroxylamine groups is 1. The number of nitrogens with one attached hydrogen (secondary N) is 2. The van der Waals surface area contributed by atoms with Gasteiger partial charge in [0.05, 0.1) is 0 Å². The quantitative estimate of drug-likeness (QED) is 0.433. The smallest absolute Gasteiger partial charge is 0.251 e. The van der Waals surface area contributed by atoms with Gasteiger partial charge >= 0.3 is 0 Å². The molecule has 0 aromatic heterocycles. The second-order valence-electron chi connectivity index (χ2n) is 5.82. The summed E-state index contributed by atoms with van der Waals surface area (Å²) in [5.41, 5.74) is 3.03. The van der Waals surface area contributed by atoms with Gasteiger partial charge in [0.2, 0.25) is 5.91 Å². The van der Waals surface area contributed by atoms with Crippen molar-refractivity contribution < 1.29 is 19.5 Å². The average Bonchev–Trinajstić information content (AvgIpc) is 3.02. The maximum atomic E-state index is 12.4. The van der Waals surface area contributed by atoms with E-state index in [2.05, 4.69) is 17.2 Å². The minimum atomic E-state index is -0.417. The molecule has 0 saturated heterocycles. The molecule has 2 amide bonds. The number of hydrogen-bond acceptors (Lipinski definition) is 4. The van der Waals surface area contributed by atoms with Crippen molar-refractivity contribution in [1.29, 1.82) is 0 Å². The van der Waals surface area contributed by atoms with Crippen LogP contribution < -0.4 is 10.8 Å². The molecule has 0 radical (unpaired) electrons. The lowest BCUT2D eigenvalue weighted by Crippen LogP contribution is -2.39. The molecule has 3 N–H and O–H groups in total. The van der Waals surface area contributed by atoms with Crippen LogP contribution in [0.1, 0.15) is 41.6 Å². The molecule has 128 valence electrons. The molecule has 0 heterocycles. The molecule has 1 saturated carbocycles. The summed E-state index contributed by atoms with van der Waals surface area (Å²) in [6.45, 7) is 0.368. The second-order valence-corrected chi connectivity index (χ2v) is 5.82. The zero-order chi connectivity index (χ0) is 17.4. The summed E-state index contributed by atoms with van der Waals surface area (Å²) in [6.07, 6.45) is 2.89. The summed E-state index contributed by atoms with van der Waals surface area (Å²) < 4.78 is 4.86. The second kappa shape index (κ2) is 9.06. The Morgan fingerprint density at radius 2 is 2.04 bits per heavy atom. The Morgan fingerprint density at radius 1 is 1.29 bits per heavy atom. The van der Waals surface area contributed by atoms with E-state index < -0.39 is 5.91 Å². The fourth-order valence-corrected chi connectivity index (χ4v) is 2.92. The third-order valence-corrected chi connectivity index (χ3v) is 4.14. The topological polar surface area (TPSA) is 87.7 Å². The Labute approximate surface area is 141 Å². The van der Waals surface area contributed by atoms with Crippen molar-refractivity contribution in [3.05, 3.63) is 35.4 Å². The van der Waals surface area contributed by atoms with Gasteiger partial charge in [-0.05, 0) is 43.0 Å². The summed E-state index contributed by atoms with van der Waals surface area (Å²) in [5, 5.41) is 11.6. The van der Waals surface area contributed by atoms with E-state index in [0.717, 1.165) is 24.8 Å². The van der Waals surface area contributed by atoms with Crippen molar-refractivity contribution in [2.45, 2.75) is 31.7 Å². The Kier molecular flexibility index (Phi) is 6.79. The van der Waals surface area contributed by atoms with Gasteiger partial charge < -0.3 is 10.1 Å². The normalized spacial score (nSPS) is 19.2. The average molecular weight is 330 g/mol. The molecule has 6 heteroatoms. The maximum Gasteiger partial charge on any atom is 0.251 e. The number of carbonyl (C=O) groups excluding carboxylic acids is 2. The van der Waals surface area contributed by atoms with E-state index in [1.165, 1.54) is 0 Å². The third-order valence-electron chi connectivity index (χ3n) is 4.14. The molecule has 0 bridgehead atoms. The van der Waals surface area contributed by atoms with Crippen LogP contribution in [-0.4, -0.2) is 36.8 Å². The predicted octanol–water partition coefficient (Wildman–Crippen LogP) is 1.48. The number of ether oxygens (including phenoxy) is 1. The number of amides is 2. The van der Waals surface area contributed by atoms with Gasteiger partial charge in [-0.15, -0.1) is 0 Å². The fraction of sp³-hybridized carbons (Fsp3) is 0.444. The molecule has 6 nitrogen and oxygen atoms in total. The molecule has 1 fully saturated rings. The van der Waals surface area contributed by atoms with Crippen LogP contribution in [0.2, 0.25) is 0 Å². The summed E-state index contributed by atoms with van der Waals surface area (Å²) in [6, 6.07) is 7.01. The van der Waals surface area contributed by atoms with E-state index in [1.807, 2.05) is 0 Å². The SMILES string of the molecule is COCC#Cc1ccc(C(=O)N[C@@H]2CCC[C@@H]2CC(=O)NO)cc1. The fourth-order valence-electron chi connectivity index (χ4n) is 2.92. The Morgan fingerprint density at radius 3 is 2.71 bits per heavy atom. The largest absolute Gasteiger partial charge is 0.372 e. The molecule has 1 aliphatic rings. The summed E-state index contributed by atoms with van der Waals surface area (Å²) in [5.74, 6) is 5.28. The molecular formula is C18H22N2O4. The van der Waals surface area contributed by atoms with Gasteiger partial charge in [-0.3, -0.25) is 14.8 Å². The van der Waals surface area contributed by atoms with Crippen LogP contribution in [0, 0.1) is 17.8 Å². The van der Waals surface area contributed by atoms with Crippen LogP contribution in [-0.2, 0) is 9.53 Å². The maximum absolute atomic E-state index is 12.4. The van der Waals surface area contributed by atoms with Crippen molar-refractivity contribution in [3.63, 3.8) is 0 Å². The van der Waals surface area contributed by atoms with Crippen molar-refractivity contribution >= 4 is 11.8 Å². The number of carbonyl (C=O) groups is 2. The first-order valence-corrected chi connectivity index (χ1v) is 7.95.